The highest BCUT2D eigenvalue weighted by atomic mass is 19.1. The van der Waals surface area contributed by atoms with E-state index in [0.29, 0.717) is 0 Å². The van der Waals surface area contributed by atoms with E-state index < -0.39 is 11.7 Å². The van der Waals surface area contributed by atoms with Crippen LogP contribution in [-0.4, -0.2) is 53.5 Å². The Morgan fingerprint density at radius 1 is 1.45 bits per heavy atom. The first-order chi connectivity index (χ1) is 9.54. The summed E-state index contributed by atoms with van der Waals surface area (Å²) in [6, 6.07) is 4.02. The first-order valence-corrected chi connectivity index (χ1v) is 7.01. The maximum atomic E-state index is 13.7. The summed E-state index contributed by atoms with van der Waals surface area (Å²) >= 11 is 0. The zero-order valence-corrected chi connectivity index (χ0v) is 12.0. The van der Waals surface area contributed by atoms with Crippen molar-refractivity contribution in [3.63, 3.8) is 0 Å². The molecule has 4 nitrogen and oxygen atoms in total. The van der Waals surface area contributed by atoms with E-state index in [1.54, 1.807) is 11.9 Å². The molecule has 1 aromatic carbocycles. The molecule has 0 aromatic heterocycles. The van der Waals surface area contributed by atoms with Crippen molar-refractivity contribution in [3.8, 4) is 5.75 Å². The Labute approximate surface area is 118 Å². The Bertz CT molecular complexity index is 465. The molecule has 1 fully saturated rings. The summed E-state index contributed by atoms with van der Waals surface area (Å²) in [4.78, 5) is 16.2. The standard InChI is InChI=1S/C15H21FN2O2/c1-3-18-9-7-11(8-10-18)17(2)15(20)14-12(16)5-4-6-13(14)19/h4-6,11,19H,3,7-10H2,1-2H3. The number of aromatic hydroxyl groups is 1. The SMILES string of the molecule is CCN1CCC(N(C)C(=O)c2c(O)cccc2F)CC1. The number of phenols is 1. The molecule has 0 spiro atoms. The number of carbonyl (C=O) groups excluding carboxylic acids is 1. The molecule has 0 aliphatic carbocycles. The minimum absolute atomic E-state index is 0.101. The van der Waals surface area contributed by atoms with Gasteiger partial charge in [-0.2, -0.15) is 0 Å². The smallest absolute Gasteiger partial charge is 0.260 e. The van der Waals surface area contributed by atoms with Crippen molar-refractivity contribution in [2.24, 2.45) is 0 Å². The van der Waals surface area contributed by atoms with Crippen molar-refractivity contribution in [1.82, 2.24) is 9.80 Å². The Morgan fingerprint density at radius 2 is 2.10 bits per heavy atom. The maximum Gasteiger partial charge on any atom is 0.260 e. The van der Waals surface area contributed by atoms with E-state index >= 15 is 0 Å². The van der Waals surface area contributed by atoms with Gasteiger partial charge in [-0.3, -0.25) is 4.79 Å². The van der Waals surface area contributed by atoms with Gasteiger partial charge in [0.15, 0.2) is 0 Å². The normalized spacial score (nSPS) is 17.1. The van der Waals surface area contributed by atoms with E-state index in [1.165, 1.54) is 18.2 Å². The number of halogens is 1. The van der Waals surface area contributed by atoms with E-state index in [4.69, 9.17) is 0 Å². The largest absolute Gasteiger partial charge is 0.507 e. The molecule has 1 amide bonds. The minimum atomic E-state index is -0.673. The number of phenolic OH excluding ortho intramolecular Hbond substituents is 1. The summed E-state index contributed by atoms with van der Waals surface area (Å²) in [6.07, 6.45) is 1.76. The molecule has 20 heavy (non-hydrogen) atoms. The number of benzene rings is 1. The van der Waals surface area contributed by atoms with E-state index in [9.17, 15) is 14.3 Å². The van der Waals surface area contributed by atoms with Gasteiger partial charge in [-0.05, 0) is 31.5 Å². The van der Waals surface area contributed by atoms with Crippen LogP contribution in [0.2, 0.25) is 0 Å². The molecule has 0 radical (unpaired) electrons. The molecule has 0 bridgehead atoms. The molecule has 1 saturated heterocycles. The molecular weight excluding hydrogens is 259 g/mol. The molecule has 5 heteroatoms. The molecule has 1 heterocycles. The second-order valence-electron chi connectivity index (χ2n) is 5.22. The zero-order chi connectivity index (χ0) is 14.7. The van der Waals surface area contributed by atoms with Crippen LogP contribution in [0.15, 0.2) is 18.2 Å². The van der Waals surface area contributed by atoms with Crippen LogP contribution in [0.3, 0.4) is 0 Å². The van der Waals surface area contributed by atoms with Crippen molar-refractivity contribution in [1.29, 1.82) is 0 Å². The molecule has 1 aliphatic rings. The number of carbonyl (C=O) groups is 1. The first kappa shape index (κ1) is 14.8. The van der Waals surface area contributed by atoms with Crippen LogP contribution in [0.4, 0.5) is 4.39 Å². The Kier molecular flexibility index (Phi) is 4.60. The van der Waals surface area contributed by atoms with Crippen LogP contribution in [0.25, 0.3) is 0 Å². The maximum absolute atomic E-state index is 13.7. The monoisotopic (exact) mass is 280 g/mol. The Balaban J connectivity index is 2.10. The van der Waals surface area contributed by atoms with Gasteiger partial charge in [-0.1, -0.05) is 13.0 Å². The number of hydrogen-bond acceptors (Lipinski definition) is 3. The lowest BCUT2D eigenvalue weighted by Crippen LogP contribution is -2.45. The summed E-state index contributed by atoms with van der Waals surface area (Å²) in [5, 5.41) is 9.69. The average molecular weight is 280 g/mol. The molecule has 1 aliphatic heterocycles. The van der Waals surface area contributed by atoms with Crippen LogP contribution in [-0.2, 0) is 0 Å². The molecule has 0 unspecified atom stereocenters. The summed E-state index contributed by atoms with van der Waals surface area (Å²) in [7, 11) is 1.68. The number of rotatable bonds is 3. The molecule has 1 N–H and O–H groups in total. The quantitative estimate of drug-likeness (QED) is 0.922. The van der Waals surface area contributed by atoms with Gasteiger partial charge < -0.3 is 14.9 Å². The lowest BCUT2D eigenvalue weighted by molar-refractivity contribution is 0.0639. The van der Waals surface area contributed by atoms with Crippen molar-refractivity contribution >= 4 is 5.91 Å². The third-order valence-electron chi connectivity index (χ3n) is 4.08. The third-order valence-corrected chi connectivity index (χ3v) is 4.08. The van der Waals surface area contributed by atoms with Gasteiger partial charge in [0.05, 0.1) is 0 Å². The van der Waals surface area contributed by atoms with Crippen LogP contribution < -0.4 is 0 Å². The molecule has 110 valence electrons. The van der Waals surface area contributed by atoms with E-state index in [2.05, 4.69) is 11.8 Å². The van der Waals surface area contributed by atoms with E-state index in [0.717, 1.165) is 32.5 Å². The van der Waals surface area contributed by atoms with Gasteiger partial charge in [0.1, 0.15) is 17.1 Å². The van der Waals surface area contributed by atoms with Crippen LogP contribution >= 0.6 is 0 Å². The van der Waals surface area contributed by atoms with Gasteiger partial charge in [-0.25, -0.2) is 4.39 Å². The number of likely N-dealkylation sites (tertiary alicyclic amines) is 1. The molecule has 1 aromatic rings. The van der Waals surface area contributed by atoms with Crippen molar-refractivity contribution in [2.45, 2.75) is 25.8 Å². The van der Waals surface area contributed by atoms with Crippen LogP contribution in [0.5, 0.6) is 5.75 Å². The average Bonchev–Trinajstić information content (AvgIpc) is 2.46. The summed E-state index contributed by atoms with van der Waals surface area (Å²) in [6.45, 7) is 5.02. The van der Waals surface area contributed by atoms with Gasteiger partial charge in [0.2, 0.25) is 0 Å². The topological polar surface area (TPSA) is 43.8 Å². The lowest BCUT2D eigenvalue weighted by Gasteiger charge is -2.36. The number of nitrogens with zero attached hydrogens (tertiary/aromatic N) is 2. The van der Waals surface area contributed by atoms with Gasteiger partial charge in [0.25, 0.3) is 5.91 Å². The fourth-order valence-corrected chi connectivity index (χ4v) is 2.69. The van der Waals surface area contributed by atoms with E-state index in [-0.39, 0.29) is 17.4 Å². The molecule has 2 rings (SSSR count). The van der Waals surface area contributed by atoms with Crippen molar-refractivity contribution in [3.05, 3.63) is 29.6 Å². The van der Waals surface area contributed by atoms with Gasteiger partial charge in [0, 0.05) is 26.2 Å². The van der Waals surface area contributed by atoms with Gasteiger partial charge >= 0.3 is 0 Å². The number of piperidine rings is 1. The molecular formula is C15H21FN2O2. The van der Waals surface area contributed by atoms with Crippen LogP contribution in [0, 0.1) is 5.82 Å². The predicted octanol–water partition coefficient (Wildman–Crippen LogP) is 2.09. The second kappa shape index (κ2) is 6.22. The second-order valence-corrected chi connectivity index (χ2v) is 5.22. The Morgan fingerprint density at radius 3 is 2.65 bits per heavy atom. The lowest BCUT2D eigenvalue weighted by atomic mass is 10.0. The molecule has 0 saturated carbocycles. The number of hydrogen-bond donors (Lipinski definition) is 1. The third kappa shape index (κ3) is 2.93. The molecule has 0 atom stereocenters. The van der Waals surface area contributed by atoms with Crippen molar-refractivity contribution in [2.75, 3.05) is 26.7 Å². The first-order valence-electron chi connectivity index (χ1n) is 7.01. The van der Waals surface area contributed by atoms with E-state index in [1.807, 2.05) is 0 Å². The Hall–Kier alpha value is -1.62. The van der Waals surface area contributed by atoms with Gasteiger partial charge in [-0.15, -0.1) is 0 Å². The summed E-state index contributed by atoms with van der Waals surface area (Å²) in [5.74, 6) is -1.42. The summed E-state index contributed by atoms with van der Waals surface area (Å²) in [5.41, 5.74) is -0.229. The van der Waals surface area contributed by atoms with Crippen LogP contribution in [0.1, 0.15) is 30.1 Å². The summed E-state index contributed by atoms with van der Waals surface area (Å²) < 4.78 is 13.7. The highest BCUT2D eigenvalue weighted by Gasteiger charge is 2.28. The zero-order valence-electron chi connectivity index (χ0n) is 12.0. The number of amides is 1. The fourth-order valence-electron chi connectivity index (χ4n) is 2.69. The minimum Gasteiger partial charge on any atom is -0.507 e. The predicted molar refractivity (Wildman–Crippen MR) is 75.3 cm³/mol. The highest BCUT2D eigenvalue weighted by molar-refractivity contribution is 5.97. The van der Waals surface area contributed by atoms with Crippen molar-refractivity contribution < 1.29 is 14.3 Å². The highest BCUT2D eigenvalue weighted by Crippen LogP contribution is 2.24. The fraction of sp³-hybridized carbons (Fsp3) is 0.533.